The van der Waals surface area contributed by atoms with Crippen LogP contribution in [0.5, 0.6) is 6.01 Å². The topological polar surface area (TPSA) is 98.0 Å². The molecule has 1 saturated carbocycles. The third kappa shape index (κ3) is 5.34. The van der Waals surface area contributed by atoms with Crippen molar-refractivity contribution in [1.29, 1.82) is 0 Å². The Morgan fingerprint density at radius 2 is 1.95 bits per heavy atom. The van der Waals surface area contributed by atoms with E-state index in [1.807, 2.05) is 6.92 Å². The zero-order valence-electron chi connectivity index (χ0n) is 12.8. The van der Waals surface area contributed by atoms with Crippen LogP contribution in [0, 0.1) is 5.92 Å². The van der Waals surface area contributed by atoms with E-state index in [1.165, 1.54) is 32.1 Å². The van der Waals surface area contributed by atoms with Gasteiger partial charge >= 0.3 is 6.01 Å². The molecule has 1 aromatic rings. The van der Waals surface area contributed by atoms with Crippen LogP contribution in [-0.2, 0) is 0 Å². The fraction of sp³-hybridized carbons (Fsp3) is 0.786. The summed E-state index contributed by atoms with van der Waals surface area (Å²) in [6.07, 6.45) is 8.89. The van der Waals surface area contributed by atoms with Gasteiger partial charge in [-0.3, -0.25) is 5.43 Å². The van der Waals surface area contributed by atoms with E-state index in [4.69, 9.17) is 10.6 Å². The highest BCUT2D eigenvalue weighted by atomic mass is 16.5. The molecule has 0 aromatic carbocycles. The van der Waals surface area contributed by atoms with Crippen molar-refractivity contribution in [3.8, 4) is 6.01 Å². The molecule has 0 aliphatic heterocycles. The van der Waals surface area contributed by atoms with Crippen molar-refractivity contribution in [2.24, 2.45) is 11.8 Å². The lowest BCUT2D eigenvalue weighted by atomic mass is 10.0. The molecule has 4 N–H and O–H groups in total. The van der Waals surface area contributed by atoms with Gasteiger partial charge in [-0.2, -0.15) is 15.0 Å². The van der Waals surface area contributed by atoms with E-state index in [1.54, 1.807) is 0 Å². The number of ether oxygens (including phenoxy) is 1. The molecule has 7 nitrogen and oxygen atoms in total. The van der Waals surface area contributed by atoms with Crippen LogP contribution in [0.4, 0.5) is 11.9 Å². The van der Waals surface area contributed by atoms with Gasteiger partial charge < -0.3 is 10.1 Å². The first-order valence-corrected chi connectivity index (χ1v) is 7.91. The summed E-state index contributed by atoms with van der Waals surface area (Å²) in [5, 5.41) is 3.22. The van der Waals surface area contributed by atoms with Gasteiger partial charge in [0.25, 0.3) is 0 Å². The number of anilines is 2. The van der Waals surface area contributed by atoms with Crippen molar-refractivity contribution >= 4 is 11.9 Å². The highest BCUT2D eigenvalue weighted by molar-refractivity contribution is 5.34. The summed E-state index contributed by atoms with van der Waals surface area (Å²) in [7, 11) is 0. The van der Waals surface area contributed by atoms with Gasteiger partial charge in [0.2, 0.25) is 11.9 Å². The number of rotatable bonds is 9. The Kier molecular flexibility index (Phi) is 6.46. The SMILES string of the molecule is CCCOc1nc(NN)nc(NCCCC2CCCC2)n1. The minimum atomic E-state index is 0.304. The van der Waals surface area contributed by atoms with Crippen LogP contribution in [0.1, 0.15) is 51.9 Å². The maximum Gasteiger partial charge on any atom is 0.323 e. The van der Waals surface area contributed by atoms with Gasteiger partial charge in [0.05, 0.1) is 6.61 Å². The van der Waals surface area contributed by atoms with E-state index in [0.717, 1.165) is 25.3 Å². The lowest BCUT2D eigenvalue weighted by molar-refractivity contribution is 0.292. The average molecular weight is 294 g/mol. The maximum atomic E-state index is 5.43. The second-order valence-electron chi connectivity index (χ2n) is 5.48. The lowest BCUT2D eigenvalue weighted by Crippen LogP contribution is -2.15. The Morgan fingerprint density at radius 1 is 1.19 bits per heavy atom. The molecule has 21 heavy (non-hydrogen) atoms. The van der Waals surface area contributed by atoms with Gasteiger partial charge in [-0.05, 0) is 25.2 Å². The molecule has 118 valence electrons. The van der Waals surface area contributed by atoms with E-state index in [9.17, 15) is 0 Å². The van der Waals surface area contributed by atoms with Crippen LogP contribution in [-0.4, -0.2) is 28.1 Å². The minimum absolute atomic E-state index is 0.304. The van der Waals surface area contributed by atoms with E-state index in [-0.39, 0.29) is 0 Å². The molecule has 7 heteroatoms. The molecule has 2 rings (SSSR count). The normalized spacial score (nSPS) is 15.1. The van der Waals surface area contributed by atoms with Gasteiger partial charge in [-0.1, -0.05) is 32.6 Å². The van der Waals surface area contributed by atoms with Crippen LogP contribution in [0.3, 0.4) is 0 Å². The lowest BCUT2D eigenvalue weighted by Gasteiger charge is -2.10. The zero-order chi connectivity index (χ0) is 14.9. The zero-order valence-corrected chi connectivity index (χ0v) is 12.8. The molecular formula is C14H26N6O. The molecule has 0 radical (unpaired) electrons. The summed E-state index contributed by atoms with van der Waals surface area (Å²) < 4.78 is 5.43. The van der Waals surface area contributed by atoms with Gasteiger partial charge in [-0.15, -0.1) is 0 Å². The minimum Gasteiger partial charge on any atom is -0.463 e. The summed E-state index contributed by atoms with van der Waals surface area (Å²) >= 11 is 0. The fourth-order valence-electron chi connectivity index (χ4n) is 2.65. The van der Waals surface area contributed by atoms with Crippen molar-refractivity contribution in [2.45, 2.75) is 51.9 Å². The molecule has 0 saturated heterocycles. The molecule has 1 aliphatic rings. The summed E-state index contributed by atoms with van der Waals surface area (Å²) in [6.45, 7) is 3.47. The number of nitrogens with one attached hydrogen (secondary N) is 2. The highest BCUT2D eigenvalue weighted by Crippen LogP contribution is 2.28. The summed E-state index contributed by atoms with van der Waals surface area (Å²) in [5.74, 6) is 7.10. The summed E-state index contributed by atoms with van der Waals surface area (Å²) in [6, 6.07) is 0.304. The van der Waals surface area contributed by atoms with E-state index in [0.29, 0.717) is 24.5 Å². The standard InChI is InChI=1S/C14H26N6O/c1-2-10-21-14-18-12(17-13(19-14)20-15)16-9-5-8-11-6-3-4-7-11/h11H,2-10,15H2,1H3,(H2,16,17,18,19,20). The first kappa shape index (κ1) is 15.8. The molecule has 1 aliphatic carbocycles. The molecule has 1 heterocycles. The van der Waals surface area contributed by atoms with Crippen molar-refractivity contribution < 1.29 is 4.74 Å². The molecule has 1 aromatic heterocycles. The maximum absolute atomic E-state index is 5.43. The van der Waals surface area contributed by atoms with Crippen molar-refractivity contribution in [3.63, 3.8) is 0 Å². The summed E-state index contributed by atoms with van der Waals surface area (Å²) in [4.78, 5) is 12.5. The van der Waals surface area contributed by atoms with E-state index in [2.05, 4.69) is 25.7 Å². The molecular weight excluding hydrogens is 268 g/mol. The number of nitrogens with two attached hydrogens (primary N) is 1. The number of aromatic nitrogens is 3. The predicted octanol–water partition coefficient (Wildman–Crippen LogP) is 2.33. The van der Waals surface area contributed by atoms with Crippen LogP contribution < -0.4 is 21.3 Å². The van der Waals surface area contributed by atoms with E-state index >= 15 is 0 Å². The second kappa shape index (κ2) is 8.61. The smallest absolute Gasteiger partial charge is 0.323 e. The summed E-state index contributed by atoms with van der Waals surface area (Å²) in [5.41, 5.74) is 2.44. The number of nitrogens with zero attached hydrogens (tertiary/aromatic N) is 3. The molecule has 1 fully saturated rings. The van der Waals surface area contributed by atoms with Crippen molar-refractivity contribution in [1.82, 2.24) is 15.0 Å². The Balaban J connectivity index is 1.80. The highest BCUT2D eigenvalue weighted by Gasteiger charge is 2.14. The monoisotopic (exact) mass is 294 g/mol. The quantitative estimate of drug-likeness (QED) is 0.365. The average Bonchev–Trinajstić information content (AvgIpc) is 3.02. The van der Waals surface area contributed by atoms with Gasteiger partial charge in [0.1, 0.15) is 0 Å². The van der Waals surface area contributed by atoms with Crippen LogP contribution in [0.15, 0.2) is 0 Å². The van der Waals surface area contributed by atoms with Crippen LogP contribution in [0.25, 0.3) is 0 Å². The number of hydrogen-bond donors (Lipinski definition) is 3. The third-order valence-electron chi connectivity index (χ3n) is 3.73. The van der Waals surface area contributed by atoms with Crippen LogP contribution in [0.2, 0.25) is 0 Å². The van der Waals surface area contributed by atoms with Crippen LogP contribution >= 0.6 is 0 Å². The molecule has 0 amide bonds. The Labute approximate surface area is 126 Å². The number of hydrazine groups is 1. The predicted molar refractivity (Wildman–Crippen MR) is 83.1 cm³/mol. The Hall–Kier alpha value is -1.63. The third-order valence-corrected chi connectivity index (χ3v) is 3.73. The molecule has 0 bridgehead atoms. The van der Waals surface area contributed by atoms with Gasteiger partial charge in [-0.25, -0.2) is 5.84 Å². The first-order chi connectivity index (χ1) is 10.3. The second-order valence-corrected chi connectivity index (χ2v) is 5.48. The first-order valence-electron chi connectivity index (χ1n) is 7.91. The molecule has 0 unspecified atom stereocenters. The van der Waals surface area contributed by atoms with Crippen molar-refractivity contribution in [2.75, 3.05) is 23.9 Å². The van der Waals surface area contributed by atoms with Gasteiger partial charge in [0, 0.05) is 6.54 Å². The largest absolute Gasteiger partial charge is 0.463 e. The van der Waals surface area contributed by atoms with Crippen molar-refractivity contribution in [3.05, 3.63) is 0 Å². The molecule has 0 atom stereocenters. The van der Waals surface area contributed by atoms with Gasteiger partial charge in [0.15, 0.2) is 0 Å². The fourth-order valence-corrected chi connectivity index (χ4v) is 2.65. The Bertz CT molecular complexity index is 422. The number of hydrogen-bond acceptors (Lipinski definition) is 7. The van der Waals surface area contributed by atoms with E-state index < -0.39 is 0 Å². The Morgan fingerprint density at radius 3 is 2.67 bits per heavy atom. The number of nitrogen functional groups attached to an aromatic ring is 1. The molecule has 0 spiro atoms.